The first-order valence-electron chi connectivity index (χ1n) is 6.72. The molecule has 2 nitrogen and oxygen atoms in total. The topological polar surface area (TPSA) is 25.2 Å². The third-order valence-corrected chi connectivity index (χ3v) is 3.15. The number of aryl methyl sites for hydroxylation is 1. The third kappa shape index (κ3) is 3.67. The maximum absolute atomic E-state index is 14.0. The van der Waals surface area contributed by atoms with Crippen LogP contribution in [-0.2, 0) is 6.42 Å². The molecule has 0 bridgehead atoms. The van der Waals surface area contributed by atoms with Gasteiger partial charge in [-0.2, -0.15) is 0 Å². The summed E-state index contributed by atoms with van der Waals surface area (Å²) in [5.74, 6) is 0.709. The molecule has 1 heterocycles. The summed E-state index contributed by atoms with van der Waals surface area (Å²) in [4.78, 5) is 0. The fourth-order valence-electron chi connectivity index (χ4n) is 2.17. The van der Waals surface area contributed by atoms with E-state index in [-0.39, 0.29) is 11.9 Å². The molecule has 102 valence electrons. The smallest absolute Gasteiger partial charge is 0.128 e. The standard InChI is InChI=1S/C16H20FNO/c1-3-8-18-16(11-13-5-4-9-19-13)14-10-12(2)6-7-15(14)17/h4-7,9-10,16,18H,3,8,11H2,1-2H3. The predicted octanol–water partition coefficient (Wildman–Crippen LogP) is 4.01. The Bertz CT molecular complexity index is 507. The van der Waals surface area contributed by atoms with Crippen molar-refractivity contribution in [2.24, 2.45) is 0 Å². The molecule has 0 aliphatic heterocycles. The van der Waals surface area contributed by atoms with E-state index < -0.39 is 0 Å². The van der Waals surface area contributed by atoms with Crippen LogP contribution in [0.3, 0.4) is 0 Å². The van der Waals surface area contributed by atoms with E-state index in [0.29, 0.717) is 12.0 Å². The Kier molecular flexibility index (Phi) is 4.74. The molecule has 0 aliphatic carbocycles. The van der Waals surface area contributed by atoms with E-state index in [1.165, 1.54) is 6.07 Å². The molecule has 19 heavy (non-hydrogen) atoms. The summed E-state index contributed by atoms with van der Waals surface area (Å²) in [5, 5.41) is 3.39. The van der Waals surface area contributed by atoms with Gasteiger partial charge in [-0.3, -0.25) is 0 Å². The van der Waals surface area contributed by atoms with Crippen LogP contribution in [0.5, 0.6) is 0 Å². The van der Waals surface area contributed by atoms with Crippen molar-refractivity contribution in [1.29, 1.82) is 0 Å². The van der Waals surface area contributed by atoms with Gasteiger partial charge in [0, 0.05) is 18.0 Å². The molecule has 0 amide bonds. The molecule has 2 aromatic rings. The molecule has 1 atom stereocenters. The maximum Gasteiger partial charge on any atom is 0.128 e. The lowest BCUT2D eigenvalue weighted by molar-refractivity contribution is 0.438. The minimum Gasteiger partial charge on any atom is -0.469 e. The summed E-state index contributed by atoms with van der Waals surface area (Å²) in [5.41, 5.74) is 1.78. The molecule has 1 aromatic heterocycles. The second-order valence-electron chi connectivity index (χ2n) is 4.82. The summed E-state index contributed by atoms with van der Waals surface area (Å²) in [6, 6.07) is 8.97. The normalized spacial score (nSPS) is 12.6. The Morgan fingerprint density at radius 1 is 1.32 bits per heavy atom. The lowest BCUT2D eigenvalue weighted by Gasteiger charge is -2.19. The molecule has 1 unspecified atom stereocenters. The number of halogens is 1. The monoisotopic (exact) mass is 261 g/mol. The van der Waals surface area contributed by atoms with Gasteiger partial charge in [0.05, 0.1) is 6.26 Å². The summed E-state index contributed by atoms with van der Waals surface area (Å²) in [6.07, 6.45) is 3.33. The molecule has 0 fully saturated rings. The molecule has 0 saturated carbocycles. The van der Waals surface area contributed by atoms with Crippen molar-refractivity contribution in [3.63, 3.8) is 0 Å². The van der Waals surface area contributed by atoms with E-state index in [0.717, 1.165) is 24.3 Å². The van der Waals surface area contributed by atoms with Crippen molar-refractivity contribution in [3.05, 3.63) is 59.3 Å². The summed E-state index contributed by atoms with van der Waals surface area (Å²) < 4.78 is 19.4. The van der Waals surface area contributed by atoms with Gasteiger partial charge < -0.3 is 9.73 Å². The van der Waals surface area contributed by atoms with Crippen LogP contribution < -0.4 is 5.32 Å². The summed E-state index contributed by atoms with van der Waals surface area (Å²) >= 11 is 0. The van der Waals surface area contributed by atoms with E-state index in [4.69, 9.17) is 4.42 Å². The van der Waals surface area contributed by atoms with Crippen LogP contribution in [-0.4, -0.2) is 6.54 Å². The lowest BCUT2D eigenvalue weighted by Crippen LogP contribution is -2.25. The fourth-order valence-corrected chi connectivity index (χ4v) is 2.17. The van der Waals surface area contributed by atoms with Gasteiger partial charge in [0.15, 0.2) is 0 Å². The minimum absolute atomic E-state index is 0.0500. The van der Waals surface area contributed by atoms with E-state index in [1.54, 1.807) is 12.3 Å². The molecule has 3 heteroatoms. The van der Waals surface area contributed by atoms with Crippen molar-refractivity contribution in [1.82, 2.24) is 5.32 Å². The van der Waals surface area contributed by atoms with E-state index in [2.05, 4.69) is 12.2 Å². The van der Waals surface area contributed by atoms with Gasteiger partial charge in [0.2, 0.25) is 0 Å². The number of hydrogen-bond donors (Lipinski definition) is 1. The Morgan fingerprint density at radius 2 is 2.16 bits per heavy atom. The number of furan rings is 1. The predicted molar refractivity (Wildman–Crippen MR) is 74.6 cm³/mol. The van der Waals surface area contributed by atoms with Crippen molar-refractivity contribution in [2.45, 2.75) is 32.7 Å². The van der Waals surface area contributed by atoms with Crippen LogP contribution in [0.1, 0.15) is 36.3 Å². The van der Waals surface area contributed by atoms with E-state index in [1.807, 2.05) is 25.1 Å². The maximum atomic E-state index is 14.0. The molecule has 1 N–H and O–H groups in total. The highest BCUT2D eigenvalue weighted by molar-refractivity contribution is 5.27. The Labute approximate surface area is 113 Å². The highest BCUT2D eigenvalue weighted by Crippen LogP contribution is 2.22. The van der Waals surface area contributed by atoms with Gasteiger partial charge in [-0.1, -0.05) is 24.6 Å². The van der Waals surface area contributed by atoms with Crippen LogP contribution in [0.25, 0.3) is 0 Å². The largest absolute Gasteiger partial charge is 0.469 e. The zero-order valence-electron chi connectivity index (χ0n) is 11.4. The van der Waals surface area contributed by atoms with Crippen LogP contribution >= 0.6 is 0 Å². The first-order chi connectivity index (χ1) is 9.20. The van der Waals surface area contributed by atoms with Crippen molar-refractivity contribution in [2.75, 3.05) is 6.54 Å². The van der Waals surface area contributed by atoms with Gasteiger partial charge in [-0.05, 0) is 38.1 Å². The molecular formula is C16H20FNO. The van der Waals surface area contributed by atoms with Gasteiger partial charge >= 0.3 is 0 Å². The van der Waals surface area contributed by atoms with Crippen molar-refractivity contribution < 1.29 is 8.81 Å². The second-order valence-corrected chi connectivity index (χ2v) is 4.82. The van der Waals surface area contributed by atoms with Gasteiger partial charge in [0.25, 0.3) is 0 Å². The highest BCUT2D eigenvalue weighted by Gasteiger charge is 2.17. The average molecular weight is 261 g/mol. The Balaban J connectivity index is 2.23. The molecule has 0 spiro atoms. The Morgan fingerprint density at radius 3 is 2.84 bits per heavy atom. The van der Waals surface area contributed by atoms with Crippen LogP contribution in [0.4, 0.5) is 4.39 Å². The second kappa shape index (κ2) is 6.53. The highest BCUT2D eigenvalue weighted by atomic mass is 19.1. The minimum atomic E-state index is -0.161. The lowest BCUT2D eigenvalue weighted by atomic mass is 9.99. The Hall–Kier alpha value is -1.61. The molecule has 2 rings (SSSR count). The molecule has 0 aliphatic rings. The van der Waals surface area contributed by atoms with Crippen molar-refractivity contribution in [3.8, 4) is 0 Å². The zero-order chi connectivity index (χ0) is 13.7. The fraction of sp³-hybridized carbons (Fsp3) is 0.375. The quantitative estimate of drug-likeness (QED) is 0.850. The first kappa shape index (κ1) is 13.8. The molecule has 0 saturated heterocycles. The van der Waals surface area contributed by atoms with Gasteiger partial charge in [-0.25, -0.2) is 4.39 Å². The van der Waals surface area contributed by atoms with Crippen LogP contribution in [0, 0.1) is 12.7 Å². The molecule has 0 radical (unpaired) electrons. The SMILES string of the molecule is CCCNC(Cc1ccco1)c1cc(C)ccc1F. The van der Waals surface area contributed by atoms with E-state index >= 15 is 0 Å². The van der Waals surface area contributed by atoms with E-state index in [9.17, 15) is 4.39 Å². The first-order valence-corrected chi connectivity index (χ1v) is 6.72. The third-order valence-electron chi connectivity index (χ3n) is 3.15. The number of rotatable bonds is 6. The summed E-state index contributed by atoms with van der Waals surface area (Å²) in [7, 11) is 0. The van der Waals surface area contributed by atoms with Crippen molar-refractivity contribution >= 4 is 0 Å². The number of benzene rings is 1. The van der Waals surface area contributed by atoms with Gasteiger partial charge in [0.1, 0.15) is 11.6 Å². The van der Waals surface area contributed by atoms with Gasteiger partial charge in [-0.15, -0.1) is 0 Å². The molecular weight excluding hydrogens is 241 g/mol. The average Bonchev–Trinajstić information content (AvgIpc) is 2.90. The van der Waals surface area contributed by atoms with Crippen LogP contribution in [0.2, 0.25) is 0 Å². The molecule has 1 aromatic carbocycles. The summed E-state index contributed by atoms with van der Waals surface area (Å²) in [6.45, 7) is 4.94. The zero-order valence-corrected chi connectivity index (χ0v) is 11.4. The van der Waals surface area contributed by atoms with Crippen LogP contribution in [0.15, 0.2) is 41.0 Å². The number of nitrogens with one attached hydrogen (secondary N) is 1. The number of hydrogen-bond acceptors (Lipinski definition) is 2.